The first kappa shape index (κ1) is 12.7. The number of aromatic amines is 1. The topological polar surface area (TPSA) is 86.9 Å². The van der Waals surface area contributed by atoms with Crippen molar-refractivity contribution in [2.24, 2.45) is 0 Å². The highest BCUT2D eigenvalue weighted by molar-refractivity contribution is 6.00. The quantitative estimate of drug-likeness (QED) is 0.761. The van der Waals surface area contributed by atoms with E-state index in [1.54, 1.807) is 18.3 Å². The van der Waals surface area contributed by atoms with Crippen LogP contribution < -0.4 is 10.6 Å². The lowest BCUT2D eigenvalue weighted by molar-refractivity contribution is -0.122. The van der Waals surface area contributed by atoms with Crippen LogP contribution in [0.4, 0.5) is 0 Å². The van der Waals surface area contributed by atoms with E-state index in [-0.39, 0.29) is 11.8 Å². The number of carbonyl (C=O) groups excluding carboxylic acids is 2. The van der Waals surface area contributed by atoms with Crippen molar-refractivity contribution < 1.29 is 9.59 Å². The first-order chi connectivity index (χ1) is 9.74. The maximum absolute atomic E-state index is 12.2. The number of benzene rings is 1. The Kier molecular flexibility index (Phi) is 3.37. The molecule has 1 aliphatic rings. The maximum Gasteiger partial charge on any atom is 0.252 e. The molecule has 0 bridgehead atoms. The summed E-state index contributed by atoms with van der Waals surface area (Å²) in [4.78, 5) is 24.0. The second-order valence-electron chi connectivity index (χ2n) is 4.98. The molecule has 1 saturated heterocycles. The molecule has 2 amide bonds. The van der Waals surface area contributed by atoms with Gasteiger partial charge in [0, 0.05) is 17.5 Å². The molecular formula is C14H16N4O2. The van der Waals surface area contributed by atoms with E-state index in [9.17, 15) is 9.59 Å². The molecule has 2 heterocycles. The van der Waals surface area contributed by atoms with Gasteiger partial charge in [-0.15, -0.1) is 0 Å². The van der Waals surface area contributed by atoms with Gasteiger partial charge >= 0.3 is 0 Å². The molecular weight excluding hydrogens is 256 g/mol. The summed E-state index contributed by atoms with van der Waals surface area (Å²) in [6.07, 6.45) is 4.28. The summed E-state index contributed by atoms with van der Waals surface area (Å²) < 4.78 is 0. The summed E-state index contributed by atoms with van der Waals surface area (Å²) >= 11 is 0. The second-order valence-corrected chi connectivity index (χ2v) is 4.98. The van der Waals surface area contributed by atoms with E-state index in [1.165, 1.54) is 0 Å². The zero-order chi connectivity index (χ0) is 13.9. The van der Waals surface area contributed by atoms with Crippen LogP contribution in [-0.4, -0.2) is 34.6 Å². The van der Waals surface area contributed by atoms with Crippen molar-refractivity contribution in [1.29, 1.82) is 0 Å². The Morgan fingerprint density at radius 2 is 2.25 bits per heavy atom. The van der Waals surface area contributed by atoms with Crippen LogP contribution in [0.2, 0.25) is 0 Å². The van der Waals surface area contributed by atoms with Crippen molar-refractivity contribution in [3.63, 3.8) is 0 Å². The number of aromatic nitrogens is 2. The molecule has 0 aliphatic carbocycles. The minimum absolute atomic E-state index is 0.0986. The van der Waals surface area contributed by atoms with Gasteiger partial charge < -0.3 is 10.6 Å². The number of hydrogen-bond donors (Lipinski definition) is 3. The molecule has 3 N–H and O–H groups in total. The van der Waals surface area contributed by atoms with Gasteiger partial charge in [0.15, 0.2) is 0 Å². The predicted octanol–water partition coefficient (Wildman–Crippen LogP) is 0.961. The Bertz CT molecular complexity index is 649. The fourth-order valence-electron chi connectivity index (χ4n) is 2.40. The number of H-pyrrole nitrogens is 1. The first-order valence-corrected chi connectivity index (χ1v) is 6.76. The van der Waals surface area contributed by atoms with Crippen LogP contribution in [0.25, 0.3) is 10.9 Å². The number of fused-ring (bicyclic) bond motifs is 1. The van der Waals surface area contributed by atoms with Gasteiger partial charge in [0.05, 0.1) is 11.7 Å². The van der Waals surface area contributed by atoms with E-state index in [0.717, 1.165) is 23.7 Å². The maximum atomic E-state index is 12.2. The molecule has 1 aliphatic heterocycles. The molecule has 0 radical (unpaired) electrons. The Morgan fingerprint density at radius 1 is 1.35 bits per heavy atom. The predicted molar refractivity (Wildman–Crippen MR) is 74.2 cm³/mol. The smallest absolute Gasteiger partial charge is 0.252 e. The molecule has 1 unspecified atom stereocenters. The summed E-state index contributed by atoms with van der Waals surface area (Å²) in [5.74, 6) is -0.331. The van der Waals surface area contributed by atoms with Gasteiger partial charge in [-0.2, -0.15) is 5.10 Å². The molecule has 1 aromatic heterocycles. The highest BCUT2D eigenvalue weighted by Crippen LogP contribution is 2.13. The molecule has 0 saturated carbocycles. The monoisotopic (exact) mass is 272 g/mol. The average molecular weight is 272 g/mol. The van der Waals surface area contributed by atoms with E-state index in [0.29, 0.717) is 18.5 Å². The van der Waals surface area contributed by atoms with Gasteiger partial charge in [-0.25, -0.2) is 0 Å². The second kappa shape index (κ2) is 5.32. The SMILES string of the molecule is O=C(NC1CCCCNC1=O)c1ccc2cn[nH]c2c1. The highest BCUT2D eigenvalue weighted by atomic mass is 16.2. The molecule has 1 fully saturated rings. The fraction of sp³-hybridized carbons (Fsp3) is 0.357. The fourth-order valence-corrected chi connectivity index (χ4v) is 2.40. The van der Waals surface area contributed by atoms with Crippen molar-refractivity contribution in [2.75, 3.05) is 6.54 Å². The van der Waals surface area contributed by atoms with Crippen molar-refractivity contribution in [1.82, 2.24) is 20.8 Å². The molecule has 0 spiro atoms. The van der Waals surface area contributed by atoms with Gasteiger partial charge in [-0.05, 0) is 31.4 Å². The zero-order valence-corrected chi connectivity index (χ0v) is 11.0. The third-order valence-electron chi connectivity index (χ3n) is 3.54. The minimum atomic E-state index is -0.442. The van der Waals surface area contributed by atoms with Crippen LogP contribution >= 0.6 is 0 Å². The number of amides is 2. The number of hydrogen-bond acceptors (Lipinski definition) is 3. The van der Waals surface area contributed by atoms with Crippen molar-refractivity contribution in [3.05, 3.63) is 30.0 Å². The van der Waals surface area contributed by atoms with Crippen LogP contribution in [0.15, 0.2) is 24.4 Å². The summed E-state index contributed by atoms with van der Waals surface area (Å²) in [5, 5.41) is 13.3. The van der Waals surface area contributed by atoms with Crippen molar-refractivity contribution in [2.45, 2.75) is 25.3 Å². The van der Waals surface area contributed by atoms with Gasteiger partial charge in [-0.3, -0.25) is 14.7 Å². The van der Waals surface area contributed by atoms with E-state index in [2.05, 4.69) is 20.8 Å². The van der Waals surface area contributed by atoms with Crippen LogP contribution in [0.3, 0.4) is 0 Å². The number of rotatable bonds is 2. The third kappa shape index (κ3) is 2.49. The van der Waals surface area contributed by atoms with Crippen LogP contribution in [0.5, 0.6) is 0 Å². The minimum Gasteiger partial charge on any atom is -0.354 e. The number of carbonyl (C=O) groups is 2. The zero-order valence-electron chi connectivity index (χ0n) is 11.0. The van der Waals surface area contributed by atoms with Gasteiger partial charge in [0.25, 0.3) is 5.91 Å². The summed E-state index contributed by atoms with van der Waals surface area (Å²) in [5.41, 5.74) is 1.33. The Morgan fingerprint density at radius 3 is 3.15 bits per heavy atom. The Balaban J connectivity index is 1.76. The van der Waals surface area contributed by atoms with Gasteiger partial charge in [0.2, 0.25) is 5.91 Å². The molecule has 3 rings (SSSR count). The van der Waals surface area contributed by atoms with Crippen LogP contribution in [0, 0.1) is 0 Å². The molecule has 2 aromatic rings. The molecule has 1 atom stereocenters. The van der Waals surface area contributed by atoms with Gasteiger partial charge in [0.1, 0.15) is 6.04 Å². The molecule has 6 nitrogen and oxygen atoms in total. The molecule has 104 valence electrons. The van der Waals surface area contributed by atoms with Crippen LogP contribution in [0.1, 0.15) is 29.6 Å². The first-order valence-electron chi connectivity index (χ1n) is 6.76. The lowest BCUT2D eigenvalue weighted by Gasteiger charge is -2.15. The van der Waals surface area contributed by atoms with Crippen molar-refractivity contribution in [3.8, 4) is 0 Å². The van der Waals surface area contributed by atoms with E-state index < -0.39 is 6.04 Å². The van der Waals surface area contributed by atoms with Crippen LogP contribution in [-0.2, 0) is 4.79 Å². The average Bonchev–Trinajstić information content (AvgIpc) is 2.83. The van der Waals surface area contributed by atoms with Gasteiger partial charge in [-0.1, -0.05) is 6.07 Å². The summed E-state index contributed by atoms with van der Waals surface area (Å²) in [6.45, 7) is 0.686. The molecule has 20 heavy (non-hydrogen) atoms. The van der Waals surface area contributed by atoms with E-state index in [1.807, 2.05) is 6.07 Å². The lowest BCUT2D eigenvalue weighted by Crippen LogP contribution is -2.45. The highest BCUT2D eigenvalue weighted by Gasteiger charge is 2.22. The number of nitrogens with one attached hydrogen (secondary N) is 3. The largest absolute Gasteiger partial charge is 0.354 e. The summed E-state index contributed by atoms with van der Waals surface area (Å²) in [6, 6.07) is 4.87. The van der Waals surface area contributed by atoms with E-state index in [4.69, 9.17) is 0 Å². The molecule has 1 aromatic carbocycles. The van der Waals surface area contributed by atoms with Crippen molar-refractivity contribution >= 4 is 22.7 Å². The molecule has 6 heteroatoms. The summed E-state index contributed by atoms with van der Waals surface area (Å²) in [7, 11) is 0. The Hall–Kier alpha value is -2.37. The number of nitrogens with zero attached hydrogens (tertiary/aromatic N) is 1. The normalized spacial score (nSPS) is 19.4. The lowest BCUT2D eigenvalue weighted by atomic mass is 10.1. The third-order valence-corrected chi connectivity index (χ3v) is 3.54. The van der Waals surface area contributed by atoms with E-state index >= 15 is 0 Å². The standard InChI is InChI=1S/C14H16N4O2/c19-13(17-11-3-1-2-6-15-14(11)20)9-4-5-10-8-16-18-12(10)7-9/h4-5,7-8,11H,1-3,6H2,(H,15,20)(H,16,18)(H,17,19). The Labute approximate surface area is 115 Å².